The Morgan fingerprint density at radius 1 is 1.47 bits per heavy atom. The van der Waals surface area contributed by atoms with Crippen LogP contribution < -0.4 is 5.32 Å². The lowest BCUT2D eigenvalue weighted by Gasteiger charge is -2.24. The predicted molar refractivity (Wildman–Crippen MR) is 73.4 cm³/mol. The molecular weight excluding hydrogens is 268 g/mol. The molecule has 0 aromatic carbocycles. The summed E-state index contributed by atoms with van der Waals surface area (Å²) in [6.45, 7) is 6.79. The van der Waals surface area contributed by atoms with Gasteiger partial charge in [0.15, 0.2) is 6.29 Å². The Labute approximate surface area is 117 Å². The summed E-state index contributed by atoms with van der Waals surface area (Å²) in [6.07, 6.45) is 1.81. The van der Waals surface area contributed by atoms with Crippen LogP contribution >= 0.6 is 11.6 Å². The second-order valence-electron chi connectivity index (χ2n) is 3.92. The first-order valence-electron chi connectivity index (χ1n) is 6.06. The number of hydrogen-bond donors (Lipinski definition) is 1. The third-order valence-corrected chi connectivity index (χ3v) is 3.05. The van der Waals surface area contributed by atoms with E-state index in [9.17, 15) is 9.59 Å². The molecular formula is C12H17ClN4O2. The summed E-state index contributed by atoms with van der Waals surface area (Å²) in [5, 5.41) is 2.96. The zero-order valence-corrected chi connectivity index (χ0v) is 11.9. The van der Waals surface area contributed by atoms with E-state index in [0.717, 1.165) is 0 Å². The van der Waals surface area contributed by atoms with Crippen LogP contribution in [0.15, 0.2) is 6.33 Å². The van der Waals surface area contributed by atoms with Crippen molar-refractivity contribution in [3.05, 3.63) is 17.0 Å². The third-order valence-electron chi connectivity index (χ3n) is 2.75. The van der Waals surface area contributed by atoms with Gasteiger partial charge in [0.2, 0.25) is 5.91 Å². The molecule has 1 aromatic heterocycles. The van der Waals surface area contributed by atoms with Crippen LogP contribution in [0.25, 0.3) is 0 Å². The first-order valence-corrected chi connectivity index (χ1v) is 6.43. The summed E-state index contributed by atoms with van der Waals surface area (Å²) in [5.41, 5.74) is 0.156. The quantitative estimate of drug-likeness (QED) is 0.634. The molecule has 104 valence electrons. The van der Waals surface area contributed by atoms with E-state index >= 15 is 0 Å². The first kappa shape index (κ1) is 15.4. The van der Waals surface area contributed by atoms with E-state index in [-0.39, 0.29) is 22.4 Å². The predicted octanol–water partition coefficient (Wildman–Crippen LogP) is 1.61. The van der Waals surface area contributed by atoms with Crippen LogP contribution in [0, 0.1) is 0 Å². The van der Waals surface area contributed by atoms with E-state index in [1.807, 2.05) is 13.8 Å². The molecule has 1 rings (SSSR count). The van der Waals surface area contributed by atoms with Crippen LogP contribution in [-0.4, -0.2) is 46.2 Å². The van der Waals surface area contributed by atoms with Gasteiger partial charge in [-0.05, 0) is 20.8 Å². The summed E-state index contributed by atoms with van der Waals surface area (Å²) < 4.78 is 0. The summed E-state index contributed by atoms with van der Waals surface area (Å²) >= 11 is 5.79. The van der Waals surface area contributed by atoms with E-state index in [1.165, 1.54) is 6.33 Å². The number of halogens is 1. The summed E-state index contributed by atoms with van der Waals surface area (Å²) in [4.78, 5) is 32.4. The van der Waals surface area contributed by atoms with E-state index in [4.69, 9.17) is 11.6 Å². The molecule has 0 fully saturated rings. The highest BCUT2D eigenvalue weighted by molar-refractivity contribution is 6.32. The second-order valence-corrected chi connectivity index (χ2v) is 4.28. The van der Waals surface area contributed by atoms with Crippen molar-refractivity contribution in [1.82, 2.24) is 14.9 Å². The highest BCUT2D eigenvalue weighted by Crippen LogP contribution is 2.18. The molecule has 0 aliphatic heterocycles. The fourth-order valence-corrected chi connectivity index (χ4v) is 1.85. The van der Waals surface area contributed by atoms with Gasteiger partial charge in [-0.25, -0.2) is 9.97 Å². The van der Waals surface area contributed by atoms with Crippen LogP contribution in [0.5, 0.6) is 0 Å². The molecule has 19 heavy (non-hydrogen) atoms. The van der Waals surface area contributed by atoms with Crippen molar-refractivity contribution in [2.75, 3.05) is 18.4 Å². The van der Waals surface area contributed by atoms with Gasteiger partial charge < -0.3 is 10.2 Å². The molecule has 1 aromatic rings. The van der Waals surface area contributed by atoms with Crippen molar-refractivity contribution in [2.45, 2.75) is 26.8 Å². The number of nitrogens with one attached hydrogen (secondary N) is 1. The van der Waals surface area contributed by atoms with Crippen molar-refractivity contribution >= 4 is 29.6 Å². The van der Waals surface area contributed by atoms with Gasteiger partial charge in [0, 0.05) is 13.1 Å². The first-order chi connectivity index (χ1) is 9.04. The molecule has 0 saturated carbocycles. The SMILES string of the molecule is CCN(CC)C(=O)C(C)Nc1ncnc(Cl)c1C=O. The third kappa shape index (κ3) is 3.64. The van der Waals surface area contributed by atoms with Gasteiger partial charge in [-0.15, -0.1) is 0 Å². The average Bonchev–Trinajstić information content (AvgIpc) is 2.40. The number of anilines is 1. The minimum absolute atomic E-state index is 0.0587. The van der Waals surface area contributed by atoms with Gasteiger partial charge in [-0.3, -0.25) is 9.59 Å². The minimum atomic E-state index is -0.496. The number of hydrogen-bond acceptors (Lipinski definition) is 5. The van der Waals surface area contributed by atoms with Gasteiger partial charge in [0.1, 0.15) is 23.3 Å². The Morgan fingerprint density at radius 3 is 2.63 bits per heavy atom. The molecule has 7 heteroatoms. The van der Waals surface area contributed by atoms with Crippen molar-refractivity contribution < 1.29 is 9.59 Å². The van der Waals surface area contributed by atoms with Crippen LogP contribution in [-0.2, 0) is 4.79 Å². The maximum absolute atomic E-state index is 12.1. The number of nitrogens with zero attached hydrogens (tertiary/aromatic N) is 3. The van der Waals surface area contributed by atoms with Crippen molar-refractivity contribution in [1.29, 1.82) is 0 Å². The van der Waals surface area contributed by atoms with Gasteiger partial charge >= 0.3 is 0 Å². The Balaban J connectivity index is 2.88. The van der Waals surface area contributed by atoms with Crippen molar-refractivity contribution in [3.8, 4) is 0 Å². The van der Waals surface area contributed by atoms with Crippen molar-refractivity contribution in [3.63, 3.8) is 0 Å². The van der Waals surface area contributed by atoms with Crippen LogP contribution in [0.4, 0.5) is 5.82 Å². The molecule has 6 nitrogen and oxygen atoms in total. The fourth-order valence-electron chi connectivity index (χ4n) is 1.67. The maximum Gasteiger partial charge on any atom is 0.244 e. The molecule has 1 amide bonds. The topological polar surface area (TPSA) is 75.2 Å². The minimum Gasteiger partial charge on any atom is -0.358 e. The number of rotatable bonds is 6. The van der Waals surface area contributed by atoms with E-state index in [2.05, 4.69) is 15.3 Å². The monoisotopic (exact) mass is 284 g/mol. The lowest BCUT2D eigenvalue weighted by Crippen LogP contribution is -2.41. The largest absolute Gasteiger partial charge is 0.358 e. The lowest BCUT2D eigenvalue weighted by atomic mass is 10.2. The molecule has 1 heterocycles. The zero-order chi connectivity index (χ0) is 14.4. The molecule has 0 saturated heterocycles. The van der Waals surface area contributed by atoms with Gasteiger partial charge in [0.25, 0.3) is 0 Å². The Kier molecular flexibility index (Phi) is 5.69. The number of amides is 1. The number of likely N-dealkylation sites (N-methyl/N-ethyl adjacent to an activating group) is 1. The smallest absolute Gasteiger partial charge is 0.244 e. The molecule has 1 N–H and O–H groups in total. The van der Waals surface area contributed by atoms with Gasteiger partial charge in [0.05, 0.1) is 5.56 Å². The average molecular weight is 285 g/mol. The van der Waals surface area contributed by atoms with Gasteiger partial charge in [-0.2, -0.15) is 0 Å². The van der Waals surface area contributed by atoms with Crippen LogP contribution in [0.2, 0.25) is 5.15 Å². The highest BCUT2D eigenvalue weighted by Gasteiger charge is 2.20. The van der Waals surface area contributed by atoms with Crippen LogP contribution in [0.1, 0.15) is 31.1 Å². The maximum atomic E-state index is 12.1. The van der Waals surface area contributed by atoms with Crippen molar-refractivity contribution in [2.24, 2.45) is 0 Å². The fraction of sp³-hybridized carbons (Fsp3) is 0.500. The number of aldehydes is 1. The van der Waals surface area contributed by atoms with E-state index in [0.29, 0.717) is 19.4 Å². The zero-order valence-electron chi connectivity index (χ0n) is 11.2. The number of carbonyl (C=O) groups is 2. The molecule has 1 atom stereocenters. The number of carbonyl (C=O) groups excluding carboxylic acids is 2. The molecule has 0 radical (unpaired) electrons. The molecule has 0 aliphatic rings. The van der Waals surface area contributed by atoms with Gasteiger partial charge in [-0.1, -0.05) is 11.6 Å². The van der Waals surface area contributed by atoms with E-state index < -0.39 is 6.04 Å². The lowest BCUT2D eigenvalue weighted by molar-refractivity contribution is -0.131. The Bertz CT molecular complexity index is 463. The summed E-state index contributed by atoms with van der Waals surface area (Å²) in [7, 11) is 0. The molecule has 0 aliphatic carbocycles. The molecule has 1 unspecified atom stereocenters. The van der Waals surface area contributed by atoms with Crippen LogP contribution in [0.3, 0.4) is 0 Å². The van der Waals surface area contributed by atoms with E-state index in [1.54, 1.807) is 11.8 Å². The summed E-state index contributed by atoms with van der Waals surface area (Å²) in [5.74, 6) is 0.208. The Hall–Kier alpha value is -1.69. The molecule has 0 spiro atoms. The Morgan fingerprint density at radius 2 is 2.11 bits per heavy atom. The molecule has 0 bridgehead atoms. The normalized spacial score (nSPS) is 11.8. The standard InChI is InChI=1S/C12H17ClN4O2/c1-4-17(5-2)12(19)8(3)16-11-9(6-18)10(13)14-7-15-11/h6-8H,4-5H2,1-3H3,(H,14,15,16). The summed E-state index contributed by atoms with van der Waals surface area (Å²) in [6, 6.07) is -0.496. The second kappa shape index (κ2) is 7.04. The number of aromatic nitrogens is 2. The highest BCUT2D eigenvalue weighted by atomic mass is 35.5.